The number of carbonyl (C=O) groups excluding carboxylic acids is 1. The number of hydrogen-bond acceptors (Lipinski definition) is 6. The second-order valence-electron chi connectivity index (χ2n) is 4.70. The summed E-state index contributed by atoms with van der Waals surface area (Å²) in [5.74, 6) is -1.31. The zero-order chi connectivity index (χ0) is 16.3. The van der Waals surface area contributed by atoms with Crippen LogP contribution in [0, 0.1) is 0 Å². The molecule has 0 aromatic carbocycles. The lowest BCUT2D eigenvalue weighted by atomic mass is 10.2. The molecule has 0 saturated carbocycles. The minimum absolute atomic E-state index is 0.0405. The molecule has 1 amide bonds. The van der Waals surface area contributed by atoms with Crippen LogP contribution in [0.5, 0.6) is 0 Å². The van der Waals surface area contributed by atoms with Gasteiger partial charge < -0.3 is 14.7 Å². The van der Waals surface area contributed by atoms with Crippen LogP contribution in [0.1, 0.15) is 16.1 Å². The molecule has 0 bridgehead atoms. The lowest BCUT2D eigenvalue weighted by Gasteiger charge is -2.32. The Balaban J connectivity index is 2.10. The van der Waals surface area contributed by atoms with Crippen molar-refractivity contribution in [3.63, 3.8) is 0 Å². The van der Waals surface area contributed by atoms with Gasteiger partial charge in [-0.15, -0.1) is 11.3 Å². The number of aliphatic carboxylic acids is 1. The maximum atomic E-state index is 12.4. The van der Waals surface area contributed by atoms with Gasteiger partial charge in [-0.25, -0.2) is 13.1 Å². The van der Waals surface area contributed by atoms with Crippen molar-refractivity contribution in [1.82, 2.24) is 9.62 Å². The molecule has 2 heterocycles. The summed E-state index contributed by atoms with van der Waals surface area (Å²) in [5, 5.41) is 10.2. The number of ether oxygens (including phenoxy) is 1. The molecule has 122 valence electrons. The molecule has 0 aliphatic carbocycles. The highest BCUT2D eigenvalue weighted by Gasteiger charge is 2.28. The van der Waals surface area contributed by atoms with Crippen molar-refractivity contribution >= 4 is 33.2 Å². The summed E-state index contributed by atoms with van der Waals surface area (Å²) in [5.41, 5.74) is 0. The van der Waals surface area contributed by atoms with Gasteiger partial charge in [-0.2, -0.15) is 0 Å². The average Bonchev–Trinajstić information content (AvgIpc) is 2.96. The molecule has 0 radical (unpaired) electrons. The van der Waals surface area contributed by atoms with Gasteiger partial charge in [0.05, 0.1) is 28.9 Å². The van der Waals surface area contributed by atoms with Gasteiger partial charge in [0.15, 0.2) is 0 Å². The molecule has 1 aromatic rings. The highest BCUT2D eigenvalue weighted by molar-refractivity contribution is 7.89. The molecule has 2 rings (SSSR count). The van der Waals surface area contributed by atoms with Crippen molar-refractivity contribution in [1.29, 1.82) is 0 Å². The van der Waals surface area contributed by atoms with Gasteiger partial charge in [0.2, 0.25) is 10.0 Å². The molecular formula is C12H16N2O6S2. The Kier molecular flexibility index (Phi) is 5.16. The lowest BCUT2D eigenvalue weighted by Crippen LogP contribution is -2.46. The van der Waals surface area contributed by atoms with E-state index in [4.69, 9.17) is 9.84 Å². The Morgan fingerprint density at radius 3 is 2.91 bits per heavy atom. The molecule has 22 heavy (non-hydrogen) atoms. The first-order chi connectivity index (χ1) is 10.3. The number of amides is 1. The van der Waals surface area contributed by atoms with Crippen LogP contribution in [-0.2, 0) is 19.6 Å². The minimum Gasteiger partial charge on any atom is -0.481 e. The molecule has 8 nitrogen and oxygen atoms in total. The highest BCUT2D eigenvalue weighted by Crippen LogP contribution is 2.22. The summed E-state index contributed by atoms with van der Waals surface area (Å²) >= 11 is 1.04. The summed E-state index contributed by atoms with van der Waals surface area (Å²) in [6.07, 6.45) is -0.719. The zero-order valence-corrected chi connectivity index (χ0v) is 13.4. The fourth-order valence-corrected chi connectivity index (χ4v) is 4.04. The first-order valence-electron chi connectivity index (χ1n) is 6.48. The Labute approximate surface area is 131 Å². The predicted octanol–water partition coefficient (Wildman–Crippen LogP) is -0.0281. The zero-order valence-electron chi connectivity index (χ0n) is 11.8. The molecule has 0 spiro atoms. The van der Waals surface area contributed by atoms with E-state index >= 15 is 0 Å². The highest BCUT2D eigenvalue weighted by atomic mass is 32.2. The fraction of sp³-hybridized carbons (Fsp3) is 0.500. The number of thiophene rings is 1. The van der Waals surface area contributed by atoms with E-state index in [0.29, 0.717) is 11.4 Å². The van der Waals surface area contributed by atoms with Crippen LogP contribution in [0.15, 0.2) is 16.3 Å². The van der Waals surface area contributed by atoms with Gasteiger partial charge >= 0.3 is 5.97 Å². The van der Waals surface area contributed by atoms with Crippen molar-refractivity contribution in [3.8, 4) is 0 Å². The molecule has 1 fully saturated rings. The van der Waals surface area contributed by atoms with E-state index in [2.05, 4.69) is 4.72 Å². The first kappa shape index (κ1) is 16.9. The average molecular weight is 348 g/mol. The first-order valence-corrected chi connectivity index (χ1v) is 8.84. The Hall–Kier alpha value is -1.49. The Morgan fingerprint density at radius 2 is 2.27 bits per heavy atom. The van der Waals surface area contributed by atoms with Gasteiger partial charge in [-0.1, -0.05) is 0 Å². The predicted molar refractivity (Wildman–Crippen MR) is 78.5 cm³/mol. The fourth-order valence-electron chi connectivity index (χ4n) is 2.07. The van der Waals surface area contributed by atoms with Crippen LogP contribution in [0.25, 0.3) is 0 Å². The monoisotopic (exact) mass is 348 g/mol. The van der Waals surface area contributed by atoms with E-state index in [0.717, 1.165) is 11.3 Å². The maximum Gasteiger partial charge on any atom is 0.306 e. The number of carboxylic acid groups (broad SMARTS) is 1. The summed E-state index contributed by atoms with van der Waals surface area (Å²) in [6, 6.07) is 1.32. The smallest absolute Gasteiger partial charge is 0.306 e. The number of morpholine rings is 1. The molecular weight excluding hydrogens is 332 g/mol. The van der Waals surface area contributed by atoms with Crippen LogP contribution in [0.2, 0.25) is 0 Å². The van der Waals surface area contributed by atoms with Gasteiger partial charge in [0.25, 0.3) is 5.91 Å². The van der Waals surface area contributed by atoms with Crippen molar-refractivity contribution in [3.05, 3.63) is 16.3 Å². The Bertz CT molecular complexity index is 669. The summed E-state index contributed by atoms with van der Waals surface area (Å²) in [4.78, 5) is 24.9. The second kappa shape index (κ2) is 6.73. The van der Waals surface area contributed by atoms with Crippen molar-refractivity contribution in [2.24, 2.45) is 0 Å². The molecule has 1 aliphatic heterocycles. The van der Waals surface area contributed by atoms with E-state index in [1.165, 1.54) is 23.4 Å². The van der Waals surface area contributed by atoms with Gasteiger partial charge in [0, 0.05) is 18.5 Å². The van der Waals surface area contributed by atoms with Gasteiger partial charge in [-0.3, -0.25) is 9.59 Å². The van der Waals surface area contributed by atoms with Crippen LogP contribution in [0.3, 0.4) is 0 Å². The third-order valence-electron chi connectivity index (χ3n) is 3.19. The summed E-state index contributed by atoms with van der Waals surface area (Å²) < 4.78 is 30.8. The van der Waals surface area contributed by atoms with Gasteiger partial charge in [0.1, 0.15) is 0 Å². The number of rotatable bonds is 5. The molecule has 10 heteroatoms. The number of nitrogens with zero attached hydrogens (tertiary/aromatic N) is 1. The topological polar surface area (TPSA) is 113 Å². The maximum absolute atomic E-state index is 12.4. The van der Waals surface area contributed by atoms with E-state index in [-0.39, 0.29) is 30.4 Å². The van der Waals surface area contributed by atoms with E-state index in [1.807, 2.05) is 0 Å². The number of carbonyl (C=O) groups is 2. The summed E-state index contributed by atoms with van der Waals surface area (Å²) in [7, 11) is -2.28. The Morgan fingerprint density at radius 1 is 1.55 bits per heavy atom. The van der Waals surface area contributed by atoms with Gasteiger partial charge in [-0.05, 0) is 13.1 Å². The molecule has 2 N–H and O–H groups in total. The standard InChI is InChI=1S/C12H16N2O6S2/c1-13-22(18,19)9-5-10(21-7-9)12(17)14-2-3-20-8(6-14)4-11(15)16/h5,7-8,13H,2-4,6H2,1H3,(H,15,16). The minimum atomic E-state index is -3.58. The van der Waals surface area contributed by atoms with E-state index in [9.17, 15) is 18.0 Å². The van der Waals surface area contributed by atoms with E-state index in [1.54, 1.807) is 0 Å². The van der Waals surface area contributed by atoms with Crippen molar-refractivity contribution < 1.29 is 27.9 Å². The molecule has 1 atom stereocenters. The normalized spacial score (nSPS) is 19.1. The summed E-state index contributed by atoms with van der Waals surface area (Å²) in [6.45, 7) is 0.787. The van der Waals surface area contributed by atoms with Crippen molar-refractivity contribution in [2.45, 2.75) is 17.4 Å². The molecule has 1 saturated heterocycles. The molecule has 1 aliphatic rings. The largest absolute Gasteiger partial charge is 0.481 e. The lowest BCUT2D eigenvalue weighted by molar-refractivity contribution is -0.141. The SMILES string of the molecule is CNS(=O)(=O)c1csc(C(=O)N2CCOC(CC(=O)O)C2)c1. The van der Waals surface area contributed by atoms with Crippen LogP contribution in [-0.4, -0.2) is 63.1 Å². The third kappa shape index (κ3) is 3.83. The van der Waals surface area contributed by atoms with Crippen LogP contribution in [0.4, 0.5) is 0 Å². The molecule has 1 aromatic heterocycles. The quantitative estimate of drug-likeness (QED) is 0.773. The van der Waals surface area contributed by atoms with Crippen LogP contribution < -0.4 is 4.72 Å². The number of carboxylic acids is 1. The second-order valence-corrected chi connectivity index (χ2v) is 7.49. The number of hydrogen-bond donors (Lipinski definition) is 2. The molecule has 1 unspecified atom stereocenters. The van der Waals surface area contributed by atoms with Crippen LogP contribution >= 0.6 is 11.3 Å². The number of nitrogens with one attached hydrogen (secondary N) is 1. The van der Waals surface area contributed by atoms with E-state index < -0.39 is 22.1 Å². The number of sulfonamides is 1. The third-order valence-corrected chi connectivity index (χ3v) is 5.65. The van der Waals surface area contributed by atoms with Crippen molar-refractivity contribution in [2.75, 3.05) is 26.7 Å².